The molecule has 0 saturated heterocycles. The molecular weight excluding hydrogens is 186 g/mol. The lowest BCUT2D eigenvalue weighted by Gasteiger charge is -2.09. The predicted molar refractivity (Wildman–Crippen MR) is 59.7 cm³/mol. The number of aryl methyl sites for hydroxylation is 1. The first-order chi connectivity index (χ1) is 7.40. The third-order valence-electron chi connectivity index (χ3n) is 3.20. The van der Waals surface area contributed by atoms with Crippen LogP contribution in [0.2, 0.25) is 0 Å². The standard InChI is InChI=1S/C13H13NO/c15-8-11-9-4-1-2-6-12(9)14-13-7-3-5-10(11)13/h1-2,4,6,15H,3,5,7-8H2. The van der Waals surface area contributed by atoms with E-state index in [2.05, 4.69) is 4.98 Å². The van der Waals surface area contributed by atoms with Gasteiger partial charge in [0, 0.05) is 11.1 Å². The molecule has 3 rings (SSSR count). The normalized spacial score (nSPS) is 14.5. The van der Waals surface area contributed by atoms with Crippen LogP contribution < -0.4 is 0 Å². The van der Waals surface area contributed by atoms with Crippen LogP contribution in [0.4, 0.5) is 0 Å². The fourth-order valence-electron chi connectivity index (χ4n) is 2.49. The molecule has 1 aromatic carbocycles. The fraction of sp³-hybridized carbons (Fsp3) is 0.308. The average Bonchev–Trinajstić information content (AvgIpc) is 2.73. The lowest BCUT2D eigenvalue weighted by molar-refractivity contribution is 0.282. The smallest absolute Gasteiger partial charge is 0.0709 e. The number of hydrogen-bond acceptors (Lipinski definition) is 2. The summed E-state index contributed by atoms with van der Waals surface area (Å²) in [5.41, 5.74) is 4.59. The van der Waals surface area contributed by atoms with Crippen molar-refractivity contribution >= 4 is 10.9 Å². The van der Waals surface area contributed by atoms with Crippen LogP contribution in [0.5, 0.6) is 0 Å². The third-order valence-corrected chi connectivity index (χ3v) is 3.20. The Hall–Kier alpha value is -1.41. The van der Waals surface area contributed by atoms with Gasteiger partial charge in [-0.1, -0.05) is 18.2 Å². The summed E-state index contributed by atoms with van der Waals surface area (Å²) in [6, 6.07) is 8.07. The van der Waals surface area contributed by atoms with Gasteiger partial charge < -0.3 is 5.11 Å². The molecule has 0 bridgehead atoms. The molecule has 15 heavy (non-hydrogen) atoms. The van der Waals surface area contributed by atoms with E-state index < -0.39 is 0 Å². The second kappa shape index (κ2) is 3.31. The average molecular weight is 199 g/mol. The zero-order valence-corrected chi connectivity index (χ0v) is 8.53. The van der Waals surface area contributed by atoms with Gasteiger partial charge in [0.15, 0.2) is 0 Å². The molecule has 2 aromatic rings. The lowest BCUT2D eigenvalue weighted by Crippen LogP contribution is -1.98. The Labute approximate surface area is 88.6 Å². The molecule has 1 heterocycles. The van der Waals surface area contributed by atoms with E-state index in [0.717, 1.165) is 29.3 Å². The molecule has 0 fully saturated rings. The topological polar surface area (TPSA) is 33.1 Å². The molecule has 0 atom stereocenters. The number of para-hydroxylation sites is 1. The maximum atomic E-state index is 9.47. The van der Waals surface area contributed by atoms with Gasteiger partial charge in [-0.3, -0.25) is 4.98 Å². The molecule has 1 aliphatic rings. The number of benzene rings is 1. The van der Waals surface area contributed by atoms with Crippen molar-refractivity contribution in [2.45, 2.75) is 25.9 Å². The van der Waals surface area contributed by atoms with Crippen LogP contribution in [0.3, 0.4) is 0 Å². The Kier molecular flexibility index (Phi) is 1.96. The van der Waals surface area contributed by atoms with Gasteiger partial charge >= 0.3 is 0 Å². The lowest BCUT2D eigenvalue weighted by atomic mass is 10.0. The molecule has 1 aliphatic carbocycles. The summed E-state index contributed by atoms with van der Waals surface area (Å²) in [5, 5.41) is 10.6. The van der Waals surface area contributed by atoms with Crippen molar-refractivity contribution in [3.63, 3.8) is 0 Å². The van der Waals surface area contributed by atoms with Crippen LogP contribution in [0, 0.1) is 0 Å². The molecule has 1 aromatic heterocycles. The highest BCUT2D eigenvalue weighted by atomic mass is 16.3. The van der Waals surface area contributed by atoms with Crippen molar-refractivity contribution in [3.8, 4) is 0 Å². The largest absolute Gasteiger partial charge is 0.392 e. The monoisotopic (exact) mass is 199 g/mol. The zero-order chi connectivity index (χ0) is 10.3. The quantitative estimate of drug-likeness (QED) is 0.764. The minimum atomic E-state index is 0.130. The minimum Gasteiger partial charge on any atom is -0.392 e. The van der Waals surface area contributed by atoms with Gasteiger partial charge in [0.2, 0.25) is 0 Å². The highest BCUT2D eigenvalue weighted by Gasteiger charge is 2.18. The van der Waals surface area contributed by atoms with Crippen LogP contribution in [-0.2, 0) is 19.4 Å². The van der Waals surface area contributed by atoms with E-state index in [4.69, 9.17) is 0 Å². The summed E-state index contributed by atoms with van der Waals surface area (Å²) in [6.45, 7) is 0.130. The minimum absolute atomic E-state index is 0.130. The molecule has 0 amide bonds. The number of nitrogens with zero attached hydrogens (tertiary/aromatic N) is 1. The zero-order valence-electron chi connectivity index (χ0n) is 8.53. The van der Waals surface area contributed by atoms with E-state index in [0.29, 0.717) is 0 Å². The van der Waals surface area contributed by atoms with E-state index in [-0.39, 0.29) is 6.61 Å². The highest BCUT2D eigenvalue weighted by molar-refractivity contribution is 5.83. The predicted octanol–water partition coefficient (Wildman–Crippen LogP) is 2.22. The number of hydrogen-bond donors (Lipinski definition) is 1. The van der Waals surface area contributed by atoms with E-state index in [1.807, 2.05) is 24.3 Å². The summed E-state index contributed by atoms with van der Waals surface area (Å²) in [6.07, 6.45) is 3.31. The van der Waals surface area contributed by atoms with Gasteiger partial charge in [-0.25, -0.2) is 0 Å². The first kappa shape index (κ1) is 8.86. The van der Waals surface area contributed by atoms with Gasteiger partial charge in [0.1, 0.15) is 0 Å². The summed E-state index contributed by atoms with van der Waals surface area (Å²) < 4.78 is 0. The molecule has 0 aliphatic heterocycles. The number of pyridine rings is 1. The van der Waals surface area contributed by atoms with Crippen LogP contribution in [0.25, 0.3) is 10.9 Å². The Morgan fingerprint density at radius 1 is 1.20 bits per heavy atom. The van der Waals surface area contributed by atoms with Crippen molar-refractivity contribution in [1.82, 2.24) is 4.98 Å². The molecular formula is C13H13NO. The maximum absolute atomic E-state index is 9.47. The summed E-state index contributed by atoms with van der Waals surface area (Å²) in [7, 11) is 0. The van der Waals surface area contributed by atoms with E-state index in [1.54, 1.807) is 0 Å². The first-order valence-corrected chi connectivity index (χ1v) is 5.40. The number of rotatable bonds is 1. The SMILES string of the molecule is OCc1c2c(nc3ccccc13)CCC2. The van der Waals surface area contributed by atoms with Gasteiger partial charge in [-0.2, -0.15) is 0 Å². The summed E-state index contributed by atoms with van der Waals surface area (Å²) >= 11 is 0. The van der Waals surface area contributed by atoms with Crippen LogP contribution >= 0.6 is 0 Å². The fourth-order valence-corrected chi connectivity index (χ4v) is 2.49. The van der Waals surface area contributed by atoms with E-state index in [9.17, 15) is 5.11 Å². The molecule has 0 unspecified atom stereocenters. The number of fused-ring (bicyclic) bond motifs is 2. The second-order valence-electron chi connectivity index (χ2n) is 4.04. The molecule has 76 valence electrons. The van der Waals surface area contributed by atoms with Crippen LogP contribution in [-0.4, -0.2) is 10.1 Å². The first-order valence-electron chi connectivity index (χ1n) is 5.40. The van der Waals surface area contributed by atoms with Crippen molar-refractivity contribution < 1.29 is 5.11 Å². The van der Waals surface area contributed by atoms with Crippen LogP contribution in [0.1, 0.15) is 23.2 Å². The molecule has 2 heteroatoms. The van der Waals surface area contributed by atoms with Gasteiger partial charge in [-0.15, -0.1) is 0 Å². The molecule has 1 N–H and O–H groups in total. The van der Waals surface area contributed by atoms with Crippen molar-refractivity contribution in [1.29, 1.82) is 0 Å². The van der Waals surface area contributed by atoms with Crippen molar-refractivity contribution in [3.05, 3.63) is 41.1 Å². The van der Waals surface area contributed by atoms with Crippen molar-refractivity contribution in [2.24, 2.45) is 0 Å². The van der Waals surface area contributed by atoms with Crippen molar-refractivity contribution in [2.75, 3.05) is 0 Å². The van der Waals surface area contributed by atoms with Crippen LogP contribution in [0.15, 0.2) is 24.3 Å². The van der Waals surface area contributed by atoms with Gasteiger partial charge in [0.25, 0.3) is 0 Å². The Balaban J connectivity index is 2.41. The third kappa shape index (κ3) is 1.25. The number of aromatic nitrogens is 1. The van der Waals surface area contributed by atoms with E-state index >= 15 is 0 Å². The van der Waals surface area contributed by atoms with Gasteiger partial charge in [-0.05, 0) is 36.5 Å². The Bertz CT molecular complexity index is 519. The maximum Gasteiger partial charge on any atom is 0.0709 e. The summed E-state index contributed by atoms with van der Waals surface area (Å²) in [5.74, 6) is 0. The van der Waals surface area contributed by atoms with E-state index in [1.165, 1.54) is 17.7 Å². The Morgan fingerprint density at radius 3 is 2.93 bits per heavy atom. The molecule has 2 nitrogen and oxygen atoms in total. The summed E-state index contributed by atoms with van der Waals surface area (Å²) in [4.78, 5) is 4.65. The second-order valence-corrected chi connectivity index (χ2v) is 4.04. The number of aliphatic hydroxyl groups excluding tert-OH is 1. The molecule has 0 radical (unpaired) electrons. The Morgan fingerprint density at radius 2 is 2.07 bits per heavy atom. The highest BCUT2D eigenvalue weighted by Crippen LogP contribution is 2.29. The molecule has 0 spiro atoms. The molecule has 0 saturated carbocycles. The number of aliphatic hydroxyl groups is 1. The van der Waals surface area contributed by atoms with Gasteiger partial charge in [0.05, 0.1) is 12.1 Å².